The molecule has 1 N–H and O–H groups in total. The largest absolute Gasteiger partial charge is 0.480 e. The number of amides is 2. The lowest BCUT2D eigenvalue weighted by Gasteiger charge is -2.27. The number of sulfone groups is 1. The molecule has 0 unspecified atom stereocenters. The minimum absolute atomic E-state index is 0.0968. The number of nitrogens with one attached hydrogen (secondary N) is 1. The van der Waals surface area contributed by atoms with Crippen LogP contribution in [0.4, 0.5) is 0 Å². The molecule has 2 aromatic heterocycles. The first-order chi connectivity index (χ1) is 15.8. The molecule has 0 saturated carbocycles. The molecule has 10 nitrogen and oxygen atoms in total. The van der Waals surface area contributed by atoms with Crippen molar-refractivity contribution in [2.75, 3.05) is 44.8 Å². The maximum Gasteiger partial charge on any atom is 0.261 e. The van der Waals surface area contributed by atoms with Gasteiger partial charge in [-0.3, -0.25) is 19.4 Å². The number of aromatic amines is 1. The van der Waals surface area contributed by atoms with Gasteiger partial charge in [0, 0.05) is 32.4 Å². The van der Waals surface area contributed by atoms with Gasteiger partial charge in [-0.25, -0.2) is 18.4 Å². The standard InChI is InChI=1S/C21H20ClN5O5S/c1-32-19-17(14(22)2-3-23-19)18-24-15-10-12-13(11-16(15)25-18)21(29)27(20(12)28)5-4-26-6-8-33(30,31)9-7-26/h2-3,10-11H,4-9H2,1H3,(H,24,25). The second-order valence-electron chi connectivity index (χ2n) is 7.93. The summed E-state index contributed by atoms with van der Waals surface area (Å²) in [5.74, 6) is 0.148. The molecule has 0 radical (unpaired) electrons. The number of pyridine rings is 1. The molecule has 12 heteroatoms. The summed E-state index contributed by atoms with van der Waals surface area (Å²) in [7, 11) is -1.50. The van der Waals surface area contributed by atoms with Crippen molar-refractivity contribution in [2.45, 2.75) is 0 Å². The van der Waals surface area contributed by atoms with Crippen molar-refractivity contribution in [3.63, 3.8) is 0 Å². The predicted molar refractivity (Wildman–Crippen MR) is 121 cm³/mol. The third kappa shape index (κ3) is 3.85. The second kappa shape index (κ2) is 8.08. The molecular weight excluding hydrogens is 470 g/mol. The smallest absolute Gasteiger partial charge is 0.261 e. The highest BCUT2D eigenvalue weighted by molar-refractivity contribution is 7.91. The zero-order valence-electron chi connectivity index (χ0n) is 17.7. The number of aromatic nitrogens is 3. The summed E-state index contributed by atoms with van der Waals surface area (Å²) >= 11 is 6.32. The fourth-order valence-electron chi connectivity index (χ4n) is 4.12. The molecule has 5 rings (SSSR count). The highest BCUT2D eigenvalue weighted by Crippen LogP contribution is 2.35. The van der Waals surface area contributed by atoms with Crippen LogP contribution in [0.3, 0.4) is 0 Å². The lowest BCUT2D eigenvalue weighted by Crippen LogP contribution is -2.45. The lowest BCUT2D eigenvalue weighted by atomic mass is 10.1. The molecule has 2 aliphatic heterocycles. The number of hydrogen-bond acceptors (Lipinski definition) is 8. The van der Waals surface area contributed by atoms with Crippen LogP contribution in [-0.2, 0) is 9.84 Å². The Labute approximate surface area is 194 Å². The van der Waals surface area contributed by atoms with Gasteiger partial charge in [0.2, 0.25) is 5.88 Å². The third-order valence-corrected chi connectivity index (χ3v) is 7.87. The Morgan fingerprint density at radius 2 is 1.82 bits per heavy atom. The van der Waals surface area contributed by atoms with Crippen molar-refractivity contribution in [3.8, 4) is 17.3 Å². The molecule has 2 aliphatic rings. The van der Waals surface area contributed by atoms with Gasteiger partial charge >= 0.3 is 0 Å². The van der Waals surface area contributed by atoms with Crippen LogP contribution < -0.4 is 4.74 Å². The Bertz CT molecular complexity index is 1340. The van der Waals surface area contributed by atoms with Gasteiger partial charge in [0.1, 0.15) is 5.82 Å². The summed E-state index contributed by atoms with van der Waals surface area (Å²) in [6.45, 7) is 1.44. The number of carbonyl (C=O) groups is 2. The third-order valence-electron chi connectivity index (χ3n) is 5.94. The molecule has 0 atom stereocenters. The number of imidazole rings is 1. The van der Waals surface area contributed by atoms with E-state index in [1.54, 1.807) is 18.2 Å². The minimum Gasteiger partial charge on any atom is -0.480 e. The monoisotopic (exact) mass is 489 g/mol. The number of halogens is 1. The van der Waals surface area contributed by atoms with Crippen LogP contribution in [0.5, 0.6) is 5.88 Å². The molecule has 172 valence electrons. The van der Waals surface area contributed by atoms with Crippen molar-refractivity contribution in [1.29, 1.82) is 0 Å². The number of nitrogens with zero attached hydrogens (tertiary/aromatic N) is 4. The van der Waals surface area contributed by atoms with Gasteiger partial charge in [0.25, 0.3) is 11.8 Å². The first kappa shape index (κ1) is 21.8. The number of benzene rings is 1. The van der Waals surface area contributed by atoms with E-state index in [1.807, 2.05) is 4.90 Å². The van der Waals surface area contributed by atoms with E-state index >= 15 is 0 Å². The number of hydrogen-bond donors (Lipinski definition) is 1. The van der Waals surface area contributed by atoms with Crippen LogP contribution in [0.2, 0.25) is 5.02 Å². The van der Waals surface area contributed by atoms with Gasteiger partial charge in [0.05, 0.1) is 51.4 Å². The normalized spacial score (nSPS) is 18.2. The summed E-state index contributed by atoms with van der Waals surface area (Å²) in [6, 6.07) is 4.83. The van der Waals surface area contributed by atoms with Crippen molar-refractivity contribution in [1.82, 2.24) is 24.8 Å². The molecule has 4 heterocycles. The Kier molecular flexibility index (Phi) is 5.34. The van der Waals surface area contributed by atoms with Gasteiger partial charge in [-0.2, -0.15) is 0 Å². The molecule has 1 fully saturated rings. The van der Waals surface area contributed by atoms with E-state index < -0.39 is 9.84 Å². The van der Waals surface area contributed by atoms with Gasteiger partial charge in [0.15, 0.2) is 9.84 Å². The fraction of sp³-hybridized carbons (Fsp3) is 0.333. The Morgan fingerprint density at radius 1 is 1.12 bits per heavy atom. The molecule has 33 heavy (non-hydrogen) atoms. The molecule has 1 aromatic carbocycles. The molecule has 1 saturated heterocycles. The minimum atomic E-state index is -2.98. The number of ether oxygens (including phenoxy) is 1. The number of fused-ring (bicyclic) bond motifs is 2. The van der Waals surface area contributed by atoms with E-state index in [4.69, 9.17) is 16.3 Å². The highest BCUT2D eigenvalue weighted by atomic mass is 35.5. The van der Waals surface area contributed by atoms with Crippen molar-refractivity contribution in [3.05, 3.63) is 40.5 Å². The van der Waals surface area contributed by atoms with Crippen molar-refractivity contribution in [2.24, 2.45) is 0 Å². The molecule has 0 bridgehead atoms. The van der Waals surface area contributed by atoms with Crippen LogP contribution in [0.15, 0.2) is 24.4 Å². The van der Waals surface area contributed by atoms with Crippen LogP contribution in [0, 0.1) is 0 Å². The number of methoxy groups -OCH3 is 1. The fourth-order valence-corrected chi connectivity index (χ4v) is 5.62. The van der Waals surface area contributed by atoms with E-state index in [-0.39, 0.29) is 35.4 Å². The van der Waals surface area contributed by atoms with Crippen molar-refractivity contribution >= 4 is 44.3 Å². The topological polar surface area (TPSA) is 126 Å². The summed E-state index contributed by atoms with van der Waals surface area (Å²) < 4.78 is 28.5. The van der Waals surface area contributed by atoms with Crippen LogP contribution in [-0.4, -0.2) is 89.8 Å². The molecule has 2 amide bonds. The van der Waals surface area contributed by atoms with Gasteiger partial charge in [-0.15, -0.1) is 0 Å². The second-order valence-corrected chi connectivity index (χ2v) is 10.6. The van der Waals surface area contributed by atoms with E-state index in [2.05, 4.69) is 15.0 Å². The number of carbonyl (C=O) groups excluding carboxylic acids is 2. The first-order valence-electron chi connectivity index (χ1n) is 10.3. The molecular formula is C21H20ClN5O5S. The quantitative estimate of drug-likeness (QED) is 0.536. The molecule has 0 spiro atoms. The maximum atomic E-state index is 13.0. The highest BCUT2D eigenvalue weighted by Gasteiger charge is 2.36. The average Bonchev–Trinajstić information content (AvgIpc) is 3.30. The van der Waals surface area contributed by atoms with E-state index in [0.29, 0.717) is 58.5 Å². The number of rotatable bonds is 5. The zero-order valence-corrected chi connectivity index (χ0v) is 19.2. The maximum absolute atomic E-state index is 13.0. The predicted octanol–water partition coefficient (Wildman–Crippen LogP) is 1.61. The van der Waals surface area contributed by atoms with Gasteiger partial charge in [-0.05, 0) is 18.2 Å². The van der Waals surface area contributed by atoms with Gasteiger partial charge < -0.3 is 9.72 Å². The van der Waals surface area contributed by atoms with E-state index in [9.17, 15) is 18.0 Å². The van der Waals surface area contributed by atoms with E-state index in [0.717, 1.165) is 0 Å². The van der Waals surface area contributed by atoms with Crippen LogP contribution in [0.1, 0.15) is 20.7 Å². The zero-order chi connectivity index (χ0) is 23.3. The number of H-pyrrole nitrogens is 1. The SMILES string of the molecule is COc1nccc(Cl)c1-c1nc2cc3c(cc2[nH]1)C(=O)N(CCN1CCS(=O)(=O)CC1)C3=O. The van der Waals surface area contributed by atoms with E-state index in [1.165, 1.54) is 18.2 Å². The Morgan fingerprint density at radius 3 is 2.52 bits per heavy atom. The summed E-state index contributed by atoms with van der Waals surface area (Å²) in [5, 5.41) is 0.400. The average molecular weight is 490 g/mol. The van der Waals surface area contributed by atoms with Crippen LogP contribution >= 0.6 is 11.6 Å². The first-order valence-corrected chi connectivity index (χ1v) is 12.5. The lowest BCUT2D eigenvalue weighted by molar-refractivity contribution is 0.0637. The Hall–Kier alpha value is -3.02. The summed E-state index contributed by atoms with van der Waals surface area (Å²) in [4.78, 5) is 40.9. The summed E-state index contributed by atoms with van der Waals surface area (Å²) in [6.07, 6.45) is 1.52. The number of imide groups is 1. The molecule has 0 aliphatic carbocycles. The Balaban J connectivity index is 1.40. The van der Waals surface area contributed by atoms with Crippen molar-refractivity contribution < 1.29 is 22.7 Å². The van der Waals surface area contributed by atoms with Crippen LogP contribution in [0.25, 0.3) is 22.4 Å². The summed E-state index contributed by atoms with van der Waals surface area (Å²) in [5.41, 5.74) is 2.16. The van der Waals surface area contributed by atoms with Gasteiger partial charge in [-0.1, -0.05) is 11.6 Å². The molecule has 3 aromatic rings.